The number of allylic oxidation sites excluding steroid dienone is 2. The number of carbonyl (C=O) groups excluding carboxylic acids is 7. The number of hydrogen-bond donors (Lipinski definition) is 6. The van der Waals surface area contributed by atoms with Crippen LogP contribution in [0.25, 0.3) is 0 Å². The molecule has 0 radical (unpaired) electrons. The largest absolute Gasteiger partial charge is 0.449 e. The molecule has 2 heterocycles. The molecule has 4 rings (SSSR count). The van der Waals surface area contributed by atoms with Crippen molar-refractivity contribution in [3.8, 4) is 0 Å². The van der Waals surface area contributed by atoms with E-state index in [-0.39, 0.29) is 237 Å². The highest BCUT2D eigenvalue weighted by Gasteiger charge is 2.49. The Kier molecular flexibility index (Phi) is 46.0. The van der Waals surface area contributed by atoms with E-state index in [1.165, 1.54) is 31.6 Å². The van der Waals surface area contributed by atoms with Gasteiger partial charge in [-0.05, 0) is 132 Å². The molecule has 568 valence electrons. The Bertz CT molecular complexity index is 3030. The highest BCUT2D eigenvalue weighted by atomic mass is 79.9. The summed E-state index contributed by atoms with van der Waals surface area (Å²) < 4.78 is 61.0. The van der Waals surface area contributed by atoms with Crippen LogP contribution in [0.1, 0.15) is 64.2 Å². The number of fused-ring (bicyclic) bond motifs is 1. The zero-order valence-electron chi connectivity index (χ0n) is 57.3. The van der Waals surface area contributed by atoms with Crippen molar-refractivity contribution in [3.63, 3.8) is 0 Å². The second-order valence-electron chi connectivity index (χ2n) is 22.8. The first-order valence-electron chi connectivity index (χ1n) is 33.9. The first-order valence-corrected chi connectivity index (χ1v) is 37.1. The summed E-state index contributed by atoms with van der Waals surface area (Å²) in [6.45, 7) is 13.3. The van der Waals surface area contributed by atoms with E-state index in [4.69, 9.17) is 47.4 Å². The molecule has 3 atom stereocenters. The van der Waals surface area contributed by atoms with E-state index in [1.807, 2.05) is 0 Å². The van der Waals surface area contributed by atoms with Crippen LogP contribution in [-0.4, -0.2) is 243 Å². The van der Waals surface area contributed by atoms with Crippen molar-refractivity contribution in [3.05, 3.63) is 96.8 Å². The maximum Gasteiger partial charge on any atom is 0.407 e. The van der Waals surface area contributed by atoms with Gasteiger partial charge in [0.25, 0.3) is 22.2 Å². The molecular weight excluding hydrogens is 1590 g/mol. The molecule has 0 spiro atoms. The Morgan fingerprint density at radius 3 is 1.13 bits per heavy atom. The summed E-state index contributed by atoms with van der Waals surface area (Å²) in [7, 11) is 0. The molecule has 101 heavy (non-hydrogen) atoms. The summed E-state index contributed by atoms with van der Waals surface area (Å²) in [5, 5.41) is 16.2. The van der Waals surface area contributed by atoms with Gasteiger partial charge in [0.15, 0.2) is 0 Å². The van der Waals surface area contributed by atoms with Gasteiger partial charge >= 0.3 is 6.09 Å². The molecule has 2 aliphatic rings. The van der Waals surface area contributed by atoms with Gasteiger partial charge in [-0.1, -0.05) is 25.3 Å². The van der Waals surface area contributed by atoms with Gasteiger partial charge in [-0.2, -0.15) is 0 Å². The number of nitrogens with zero attached hydrogens (tertiary/aromatic N) is 5. The van der Waals surface area contributed by atoms with E-state index >= 15 is 0 Å². The zero-order chi connectivity index (χ0) is 73.4. The average Bonchev–Trinajstić information content (AvgIpc) is 1.76. The quantitative estimate of drug-likeness (QED) is 0.0314. The molecule has 6 N–H and O–H groups in total. The number of rotatable bonds is 57. The normalized spacial score (nSPS) is 14.9. The monoisotopic (exact) mass is 1690 g/mol. The molecule has 1 saturated carbocycles. The van der Waals surface area contributed by atoms with Crippen LogP contribution < -0.4 is 54.1 Å². The Balaban J connectivity index is 1.06. The molecule has 7 amide bonds. The number of aromatic nitrogens is 4. The van der Waals surface area contributed by atoms with Gasteiger partial charge in [-0.25, -0.2) is 23.5 Å². The summed E-state index contributed by atoms with van der Waals surface area (Å²) in [4.78, 5) is 140. The zero-order valence-corrected chi connectivity index (χ0v) is 63.6. The standard InChI is InChI=1S/C65H99Br4N11O21/c1-3-51(81)70-17-9-23-77-61(87)57(66)59(68)63(89)79(77)25-13-53(83)72-19-31-95-41-43-98-35-27-76(28-36-99-44-42-96-32-20-73-54(84)14-26-80-64(90)60(69)58(67)62(88)78(80)24-10-18-71-52(82)4-2)56(86)16-30-93-38-46-100-45-37-92-29-15-55(85)74-21-33-94-39-40-97-34-22-75-65(91)101-47-50-48-11-7-5-6-8-12-49(48)50/h3-6,48-50H,1-2,7-47H2,(H,70,81)(H,71,82)(H,72,83)(H,73,84)(H,74,85)(H,75,91)/b6-5-/t48-,49+,50-. The predicted octanol–water partition coefficient (Wildman–Crippen LogP) is 2.07. The second kappa shape index (κ2) is 53.1. The van der Waals surface area contributed by atoms with Crippen LogP contribution in [0.2, 0.25) is 0 Å². The van der Waals surface area contributed by atoms with Crippen molar-refractivity contribution >= 4 is 105 Å². The van der Waals surface area contributed by atoms with Crippen molar-refractivity contribution in [2.75, 3.05) is 178 Å². The van der Waals surface area contributed by atoms with Gasteiger partial charge in [-0.3, -0.25) is 47.9 Å². The van der Waals surface area contributed by atoms with Crippen LogP contribution >= 0.6 is 63.7 Å². The summed E-state index contributed by atoms with van der Waals surface area (Å²) in [5.74, 6) is -0.0683. The first-order chi connectivity index (χ1) is 48.9. The molecule has 2 aliphatic carbocycles. The van der Waals surface area contributed by atoms with E-state index in [0.717, 1.165) is 25.0 Å². The van der Waals surface area contributed by atoms with Crippen LogP contribution in [-0.2, 0) is 102 Å². The number of ether oxygens (including phenoxy) is 10. The highest BCUT2D eigenvalue weighted by molar-refractivity contribution is 9.13. The third-order valence-corrected chi connectivity index (χ3v) is 19.6. The van der Waals surface area contributed by atoms with Crippen LogP contribution in [0.5, 0.6) is 0 Å². The van der Waals surface area contributed by atoms with Crippen molar-refractivity contribution in [2.24, 2.45) is 17.8 Å². The molecule has 0 bridgehead atoms. The van der Waals surface area contributed by atoms with Crippen molar-refractivity contribution in [1.29, 1.82) is 0 Å². The minimum Gasteiger partial charge on any atom is -0.449 e. The SMILES string of the molecule is C=CC(=O)NCCCn1c(=O)c(Br)c(Br)c(=O)n1CCC(=O)NCCOCCOCCN(CCOCCOCCNC(=O)CCn1c(=O)c(Br)c(Br)c(=O)n1CCCNC(=O)C=C)C(=O)CCOCCOCCOCCC(=O)NCCOCCOCCNC(=O)OC[C@@H]1[C@@H]2CC/C=C\CC[C@@H]21. The number of halogens is 4. The summed E-state index contributed by atoms with van der Waals surface area (Å²) in [6, 6.07) is 0. The molecule has 0 unspecified atom stereocenters. The lowest BCUT2D eigenvalue weighted by Gasteiger charge is -2.23. The van der Waals surface area contributed by atoms with E-state index < -0.39 is 28.3 Å². The van der Waals surface area contributed by atoms with Crippen LogP contribution in [0.15, 0.2) is 74.5 Å². The lowest BCUT2D eigenvalue weighted by atomic mass is 10.1. The summed E-state index contributed by atoms with van der Waals surface area (Å²) in [5.41, 5.74) is -1.99. The summed E-state index contributed by atoms with van der Waals surface area (Å²) in [6.07, 6.45) is 11.5. The molecule has 0 aliphatic heterocycles. The van der Waals surface area contributed by atoms with E-state index in [2.05, 4.69) is 121 Å². The lowest BCUT2D eigenvalue weighted by Crippen LogP contribution is -2.41. The third kappa shape index (κ3) is 36.0. The van der Waals surface area contributed by atoms with Gasteiger partial charge < -0.3 is 84.2 Å². The molecule has 0 aromatic carbocycles. The Morgan fingerprint density at radius 2 is 0.743 bits per heavy atom. The smallest absolute Gasteiger partial charge is 0.407 e. The Labute approximate surface area is 620 Å². The van der Waals surface area contributed by atoms with E-state index in [9.17, 15) is 52.7 Å². The van der Waals surface area contributed by atoms with Crippen LogP contribution in [0.3, 0.4) is 0 Å². The number of alkyl carbamates (subject to hydrolysis) is 1. The Hall–Kier alpha value is -5.77. The molecular formula is C65H99Br4N11O21. The maximum absolute atomic E-state index is 13.4. The molecule has 32 nitrogen and oxygen atoms in total. The molecule has 1 fully saturated rings. The average molecular weight is 1690 g/mol. The number of hydrogen-bond acceptors (Lipinski definition) is 21. The predicted molar refractivity (Wildman–Crippen MR) is 385 cm³/mol. The summed E-state index contributed by atoms with van der Waals surface area (Å²) >= 11 is 12.6. The fourth-order valence-electron chi connectivity index (χ4n) is 10.2. The molecule has 2 aromatic heterocycles. The maximum atomic E-state index is 13.4. The minimum atomic E-state index is -0.513. The topological polar surface area (TPSA) is 375 Å². The minimum absolute atomic E-state index is 0.0237. The fraction of sp³-hybridized carbons (Fsp3) is 0.677. The van der Waals surface area contributed by atoms with Crippen molar-refractivity contribution in [1.82, 2.24) is 55.5 Å². The Morgan fingerprint density at radius 1 is 0.416 bits per heavy atom. The van der Waals surface area contributed by atoms with Crippen molar-refractivity contribution < 1.29 is 80.9 Å². The first kappa shape index (κ1) is 87.6. The lowest BCUT2D eigenvalue weighted by molar-refractivity contribution is -0.134. The van der Waals surface area contributed by atoms with Gasteiger partial charge in [-0.15, -0.1) is 0 Å². The number of carbonyl (C=O) groups is 7. The number of nitrogens with one attached hydrogen (secondary N) is 6. The van der Waals surface area contributed by atoms with E-state index in [1.54, 1.807) is 4.90 Å². The molecule has 36 heteroatoms. The van der Waals surface area contributed by atoms with E-state index in [0.29, 0.717) is 76.7 Å². The van der Waals surface area contributed by atoms with Gasteiger partial charge in [0.05, 0.1) is 145 Å². The van der Waals surface area contributed by atoms with Crippen LogP contribution in [0.4, 0.5) is 4.79 Å². The molecule has 2 aromatic rings. The molecule has 0 saturated heterocycles. The number of amides is 7. The third-order valence-electron chi connectivity index (χ3n) is 15.6. The second-order valence-corrected chi connectivity index (χ2v) is 25.9. The van der Waals surface area contributed by atoms with Gasteiger partial charge in [0, 0.05) is 84.7 Å². The van der Waals surface area contributed by atoms with Crippen LogP contribution in [0, 0.1) is 17.8 Å². The van der Waals surface area contributed by atoms with Gasteiger partial charge in [0.2, 0.25) is 35.4 Å². The van der Waals surface area contributed by atoms with Gasteiger partial charge in [0.1, 0.15) is 17.9 Å². The highest BCUT2D eigenvalue weighted by Crippen LogP contribution is 2.52. The fourth-order valence-corrected chi connectivity index (χ4v) is 11.7. The van der Waals surface area contributed by atoms with Crippen molar-refractivity contribution in [2.45, 2.75) is 90.4 Å².